The Morgan fingerprint density at radius 2 is 2.25 bits per heavy atom. The first-order valence-corrected chi connectivity index (χ1v) is 7.18. The van der Waals surface area contributed by atoms with Crippen LogP contribution in [0.4, 0.5) is 5.82 Å². The summed E-state index contributed by atoms with van der Waals surface area (Å²) in [6.45, 7) is 2.12. The summed E-state index contributed by atoms with van der Waals surface area (Å²) in [5.41, 5.74) is 0.453. The summed E-state index contributed by atoms with van der Waals surface area (Å²) in [6.07, 6.45) is 5.15. The summed E-state index contributed by atoms with van der Waals surface area (Å²) in [5.74, 6) is 0.213. The molecule has 5 nitrogen and oxygen atoms in total. The third-order valence-electron chi connectivity index (χ3n) is 3.81. The van der Waals surface area contributed by atoms with Crippen LogP contribution in [0.25, 0.3) is 0 Å². The third kappa shape index (κ3) is 3.10. The molecule has 0 saturated heterocycles. The quantitative estimate of drug-likeness (QED) is 0.853. The monoisotopic (exact) mass is 278 g/mol. The predicted molar refractivity (Wildman–Crippen MR) is 76.9 cm³/mol. The Kier molecular flexibility index (Phi) is 4.95. The lowest BCUT2D eigenvalue weighted by Gasteiger charge is -2.36. The van der Waals surface area contributed by atoms with Gasteiger partial charge in [-0.1, -0.05) is 12.8 Å². The maximum absolute atomic E-state index is 12.0. The molecule has 1 heterocycles. The van der Waals surface area contributed by atoms with Gasteiger partial charge in [-0.2, -0.15) is 0 Å². The largest absolute Gasteiger partial charge is 0.462 e. The van der Waals surface area contributed by atoms with Crippen LogP contribution in [-0.2, 0) is 4.74 Å². The number of aromatic nitrogens is 1. The zero-order valence-electron chi connectivity index (χ0n) is 12.1. The van der Waals surface area contributed by atoms with Gasteiger partial charge in [-0.05, 0) is 31.9 Å². The number of ether oxygens (including phenoxy) is 1. The van der Waals surface area contributed by atoms with Gasteiger partial charge in [-0.25, -0.2) is 9.78 Å². The van der Waals surface area contributed by atoms with Gasteiger partial charge in [0.25, 0.3) is 0 Å². The predicted octanol–water partition coefficient (Wildman–Crippen LogP) is 2.00. The highest BCUT2D eigenvalue weighted by molar-refractivity contribution is 5.94. The van der Waals surface area contributed by atoms with E-state index in [0.717, 1.165) is 25.7 Å². The molecular weight excluding hydrogens is 256 g/mol. The number of rotatable bonds is 4. The van der Waals surface area contributed by atoms with E-state index < -0.39 is 0 Å². The smallest absolute Gasteiger partial charge is 0.341 e. The van der Waals surface area contributed by atoms with E-state index >= 15 is 0 Å². The number of aliphatic hydroxyl groups is 1. The Morgan fingerprint density at radius 1 is 1.50 bits per heavy atom. The Hall–Kier alpha value is -1.62. The summed E-state index contributed by atoms with van der Waals surface area (Å²) in [7, 11) is 1.88. The van der Waals surface area contributed by atoms with Crippen LogP contribution in [0.3, 0.4) is 0 Å². The molecule has 0 radical (unpaired) electrons. The number of pyridine rings is 1. The van der Waals surface area contributed by atoms with Crippen LogP contribution in [0.5, 0.6) is 0 Å². The van der Waals surface area contributed by atoms with Crippen molar-refractivity contribution >= 4 is 11.8 Å². The number of likely N-dealkylation sites (N-methyl/N-ethyl adjacent to an activating group) is 1. The SMILES string of the molecule is CCOC(=O)c1cccnc1N(C)C1CCCCC1O. The van der Waals surface area contributed by atoms with E-state index in [1.165, 1.54) is 0 Å². The molecule has 1 saturated carbocycles. The van der Waals surface area contributed by atoms with Crippen molar-refractivity contribution in [1.82, 2.24) is 4.98 Å². The summed E-state index contributed by atoms with van der Waals surface area (Å²) in [5, 5.41) is 10.1. The molecule has 1 aromatic heterocycles. The Morgan fingerprint density at radius 3 is 2.95 bits per heavy atom. The number of anilines is 1. The van der Waals surface area contributed by atoms with E-state index in [0.29, 0.717) is 18.0 Å². The lowest BCUT2D eigenvalue weighted by molar-refractivity contribution is 0.0525. The van der Waals surface area contributed by atoms with Crippen molar-refractivity contribution in [3.63, 3.8) is 0 Å². The van der Waals surface area contributed by atoms with Crippen LogP contribution in [-0.4, -0.2) is 41.9 Å². The van der Waals surface area contributed by atoms with Gasteiger partial charge in [-0.3, -0.25) is 0 Å². The van der Waals surface area contributed by atoms with Crippen molar-refractivity contribution in [3.05, 3.63) is 23.9 Å². The molecule has 1 aromatic rings. The summed E-state index contributed by atoms with van der Waals surface area (Å²) >= 11 is 0. The molecule has 0 amide bonds. The van der Waals surface area contributed by atoms with E-state index in [9.17, 15) is 9.90 Å². The van der Waals surface area contributed by atoms with Crippen molar-refractivity contribution < 1.29 is 14.6 Å². The van der Waals surface area contributed by atoms with Crippen LogP contribution in [0.2, 0.25) is 0 Å². The molecular formula is C15H22N2O3. The highest BCUT2D eigenvalue weighted by atomic mass is 16.5. The standard InChI is InChI=1S/C15H22N2O3/c1-3-20-15(19)11-7-6-10-16-14(11)17(2)12-8-4-5-9-13(12)18/h6-7,10,12-13,18H,3-5,8-9H2,1-2H3. The number of hydrogen-bond acceptors (Lipinski definition) is 5. The number of esters is 1. The average molecular weight is 278 g/mol. The molecule has 2 unspecified atom stereocenters. The van der Waals surface area contributed by atoms with Crippen LogP contribution in [0.1, 0.15) is 43.0 Å². The molecule has 1 aliphatic carbocycles. The third-order valence-corrected chi connectivity index (χ3v) is 3.81. The van der Waals surface area contributed by atoms with E-state index in [4.69, 9.17) is 4.74 Å². The number of carbonyl (C=O) groups is 1. The summed E-state index contributed by atoms with van der Waals surface area (Å²) in [4.78, 5) is 18.2. The van der Waals surface area contributed by atoms with Crippen molar-refractivity contribution in [2.45, 2.75) is 44.8 Å². The molecule has 5 heteroatoms. The molecule has 2 atom stereocenters. The molecule has 1 N–H and O–H groups in total. The molecule has 1 aliphatic rings. The maximum atomic E-state index is 12.0. The fourth-order valence-electron chi connectivity index (χ4n) is 2.75. The molecule has 1 fully saturated rings. The average Bonchev–Trinajstić information content (AvgIpc) is 2.47. The van der Waals surface area contributed by atoms with E-state index in [1.54, 1.807) is 25.3 Å². The van der Waals surface area contributed by atoms with Gasteiger partial charge in [0.1, 0.15) is 11.4 Å². The first-order chi connectivity index (χ1) is 9.65. The number of aliphatic hydroxyl groups excluding tert-OH is 1. The number of hydrogen-bond donors (Lipinski definition) is 1. The van der Waals surface area contributed by atoms with Gasteiger partial charge in [0.05, 0.1) is 18.8 Å². The van der Waals surface area contributed by atoms with Crippen molar-refractivity contribution in [1.29, 1.82) is 0 Å². The summed E-state index contributed by atoms with van der Waals surface area (Å²) in [6, 6.07) is 3.44. The highest BCUT2D eigenvalue weighted by Crippen LogP contribution is 2.27. The van der Waals surface area contributed by atoms with Crippen LogP contribution in [0.15, 0.2) is 18.3 Å². The summed E-state index contributed by atoms with van der Waals surface area (Å²) < 4.78 is 5.06. The normalized spacial score (nSPS) is 22.4. The Balaban J connectivity index is 2.24. The minimum absolute atomic E-state index is 0.00632. The van der Waals surface area contributed by atoms with Gasteiger partial charge < -0.3 is 14.7 Å². The van der Waals surface area contributed by atoms with Crippen LogP contribution in [0, 0.1) is 0 Å². The van der Waals surface area contributed by atoms with Gasteiger partial charge in [0.15, 0.2) is 0 Å². The number of carbonyl (C=O) groups excluding carboxylic acids is 1. The Labute approximate surface area is 119 Å². The van der Waals surface area contributed by atoms with Crippen molar-refractivity contribution in [3.8, 4) is 0 Å². The molecule has 0 aliphatic heterocycles. The second-order valence-electron chi connectivity index (χ2n) is 5.13. The molecule has 110 valence electrons. The second kappa shape index (κ2) is 6.70. The lowest BCUT2D eigenvalue weighted by Crippen LogP contribution is -2.44. The lowest BCUT2D eigenvalue weighted by atomic mass is 9.91. The minimum Gasteiger partial charge on any atom is -0.462 e. The zero-order valence-corrected chi connectivity index (χ0v) is 12.1. The maximum Gasteiger partial charge on any atom is 0.341 e. The van der Waals surface area contributed by atoms with Gasteiger partial charge in [-0.15, -0.1) is 0 Å². The minimum atomic E-state index is -0.370. The molecule has 0 aromatic carbocycles. The Bertz CT molecular complexity index is 464. The van der Waals surface area contributed by atoms with Gasteiger partial charge in [0.2, 0.25) is 0 Å². The molecule has 2 rings (SSSR count). The second-order valence-corrected chi connectivity index (χ2v) is 5.13. The van der Waals surface area contributed by atoms with Crippen LogP contribution < -0.4 is 4.90 Å². The van der Waals surface area contributed by atoms with E-state index in [2.05, 4.69) is 4.98 Å². The first-order valence-electron chi connectivity index (χ1n) is 7.18. The van der Waals surface area contributed by atoms with Gasteiger partial charge in [0, 0.05) is 13.2 Å². The van der Waals surface area contributed by atoms with Gasteiger partial charge >= 0.3 is 5.97 Å². The van der Waals surface area contributed by atoms with Crippen LogP contribution >= 0.6 is 0 Å². The van der Waals surface area contributed by atoms with Crippen molar-refractivity contribution in [2.75, 3.05) is 18.6 Å². The fraction of sp³-hybridized carbons (Fsp3) is 0.600. The highest BCUT2D eigenvalue weighted by Gasteiger charge is 2.29. The molecule has 0 spiro atoms. The first kappa shape index (κ1) is 14.8. The molecule has 20 heavy (non-hydrogen) atoms. The topological polar surface area (TPSA) is 62.7 Å². The van der Waals surface area contributed by atoms with Crippen molar-refractivity contribution in [2.24, 2.45) is 0 Å². The fourth-order valence-corrected chi connectivity index (χ4v) is 2.75. The molecule has 0 bridgehead atoms. The zero-order chi connectivity index (χ0) is 14.5. The van der Waals surface area contributed by atoms with E-state index in [1.807, 2.05) is 11.9 Å². The van der Waals surface area contributed by atoms with E-state index in [-0.39, 0.29) is 18.1 Å². The number of nitrogens with zero attached hydrogens (tertiary/aromatic N) is 2.